The van der Waals surface area contributed by atoms with Crippen molar-refractivity contribution in [1.29, 1.82) is 0 Å². The number of aryl methyl sites for hydroxylation is 2. The summed E-state index contributed by atoms with van der Waals surface area (Å²) < 4.78 is 35.8. The largest absolute Gasteiger partial charge is 0.382 e. The van der Waals surface area contributed by atoms with Gasteiger partial charge in [0.15, 0.2) is 11.6 Å². The monoisotopic (exact) mass is 1010 g/mol. The predicted molar refractivity (Wildman–Crippen MR) is 282 cm³/mol. The lowest BCUT2D eigenvalue weighted by atomic mass is 9.78. The summed E-state index contributed by atoms with van der Waals surface area (Å²) >= 11 is 0. The Morgan fingerprint density at radius 3 is 2.45 bits per heavy atom. The first-order chi connectivity index (χ1) is 35.6. The van der Waals surface area contributed by atoms with Crippen LogP contribution in [0.4, 0.5) is 14.5 Å². The zero-order chi connectivity index (χ0) is 51.7. The summed E-state index contributed by atoms with van der Waals surface area (Å²) in [5.74, 6) is -0.640. The van der Waals surface area contributed by atoms with E-state index in [1.165, 1.54) is 21.4 Å². The van der Waals surface area contributed by atoms with Gasteiger partial charge in [-0.05, 0) is 131 Å². The lowest BCUT2D eigenvalue weighted by Gasteiger charge is -2.42. The molecule has 3 fully saturated rings. The molecule has 2 aromatic carbocycles. The number of fused-ring (bicyclic) bond motifs is 3. The molecule has 8 heterocycles. The number of amides is 2. The predicted octanol–water partition coefficient (Wildman–Crippen LogP) is 6.28. The van der Waals surface area contributed by atoms with Crippen LogP contribution in [0, 0.1) is 30.4 Å². The average Bonchev–Trinajstić information content (AvgIpc) is 4.10. The van der Waals surface area contributed by atoms with Gasteiger partial charge in [0.05, 0.1) is 28.6 Å². The summed E-state index contributed by atoms with van der Waals surface area (Å²) in [5.41, 5.74) is 8.30. The highest BCUT2D eigenvalue weighted by Crippen LogP contribution is 2.38. The van der Waals surface area contributed by atoms with E-state index in [0.717, 1.165) is 98.4 Å². The van der Waals surface area contributed by atoms with Crippen LogP contribution in [0.2, 0.25) is 0 Å². The van der Waals surface area contributed by atoms with Crippen LogP contribution in [-0.2, 0) is 29.6 Å². The lowest BCUT2D eigenvalue weighted by molar-refractivity contribution is -0.135. The molecule has 1 aliphatic carbocycles. The van der Waals surface area contributed by atoms with E-state index < -0.39 is 17.8 Å². The van der Waals surface area contributed by atoms with Gasteiger partial charge in [-0.1, -0.05) is 12.1 Å². The molecule has 2 amide bonds. The average molecular weight is 1010 g/mol. The number of nitrogens with one attached hydrogen (secondary N) is 3. The summed E-state index contributed by atoms with van der Waals surface area (Å²) in [5, 5.41) is 8.79. The van der Waals surface area contributed by atoms with Crippen LogP contribution in [0.25, 0.3) is 22.3 Å². The van der Waals surface area contributed by atoms with Crippen molar-refractivity contribution >= 4 is 45.6 Å². The first kappa shape index (κ1) is 49.8. The van der Waals surface area contributed by atoms with Crippen LogP contribution in [0.5, 0.6) is 0 Å². The van der Waals surface area contributed by atoms with Crippen LogP contribution in [0.1, 0.15) is 104 Å². The number of likely N-dealkylation sites (N-methyl/N-ethyl adjacent to an activating group) is 1. The molecule has 11 rings (SSSR count). The number of piperazine rings is 1. The van der Waals surface area contributed by atoms with Crippen molar-refractivity contribution in [2.45, 2.75) is 109 Å². The van der Waals surface area contributed by atoms with E-state index in [1.54, 1.807) is 11.6 Å². The first-order valence-corrected chi connectivity index (χ1v) is 26.7. The van der Waals surface area contributed by atoms with E-state index in [4.69, 9.17) is 0 Å². The van der Waals surface area contributed by atoms with Gasteiger partial charge in [-0.25, -0.2) is 13.6 Å². The molecule has 6 aliphatic heterocycles. The Morgan fingerprint density at radius 2 is 1.70 bits per heavy atom. The number of dihydropyridines is 1. The third kappa shape index (κ3) is 9.18. The van der Waals surface area contributed by atoms with Crippen LogP contribution in [0.15, 0.2) is 81.8 Å². The van der Waals surface area contributed by atoms with Gasteiger partial charge in [0.1, 0.15) is 18.0 Å². The molecule has 0 radical (unpaired) electrons. The Balaban J connectivity index is 0.658. The van der Waals surface area contributed by atoms with E-state index in [0.29, 0.717) is 84.3 Å². The Kier molecular flexibility index (Phi) is 13.5. The molecular weight excluding hydrogens is 943 g/mol. The molecule has 4 atom stereocenters. The smallest absolute Gasteiger partial charge is 0.329 e. The number of rotatable bonds is 12. The number of aromatic nitrogens is 3. The Labute approximate surface area is 430 Å². The molecule has 17 heteroatoms. The number of nitrogens with zero attached hydrogens (tertiary/aromatic N) is 7. The quantitative estimate of drug-likeness (QED) is 0.109. The van der Waals surface area contributed by atoms with Crippen molar-refractivity contribution in [1.82, 2.24) is 43.9 Å². The maximum absolute atomic E-state index is 16.1. The molecular formula is C57H68F2N10O5. The highest BCUT2D eigenvalue weighted by Gasteiger charge is 2.37. The number of carbonyl (C=O) groups is 3. The molecule has 0 spiro atoms. The van der Waals surface area contributed by atoms with Crippen molar-refractivity contribution in [2.75, 3.05) is 58.2 Å². The van der Waals surface area contributed by atoms with Crippen LogP contribution in [0.3, 0.4) is 0 Å². The van der Waals surface area contributed by atoms with Gasteiger partial charge in [0.2, 0.25) is 11.8 Å². The summed E-state index contributed by atoms with van der Waals surface area (Å²) in [4.78, 5) is 74.5. The molecule has 3 unspecified atom stereocenters. The van der Waals surface area contributed by atoms with Crippen LogP contribution in [-0.4, -0.2) is 122 Å². The maximum Gasteiger partial charge on any atom is 0.329 e. The van der Waals surface area contributed by atoms with E-state index >= 15 is 8.78 Å². The van der Waals surface area contributed by atoms with E-state index in [2.05, 4.69) is 61.5 Å². The topological polar surface area (TPSA) is 149 Å². The number of allylic oxidation sites excluding steroid dienone is 2. The number of hydrogen-bond donors (Lipinski definition) is 3. The Morgan fingerprint density at radius 1 is 0.905 bits per heavy atom. The fourth-order valence-corrected chi connectivity index (χ4v) is 13.2. The minimum atomic E-state index is -0.704. The minimum absolute atomic E-state index is 0.00892. The molecule has 4 aromatic rings. The number of hydrogen-bond acceptors (Lipinski definition) is 11. The molecule has 390 valence electrons. The molecule has 1 saturated carbocycles. The van der Waals surface area contributed by atoms with Crippen molar-refractivity contribution < 1.29 is 23.2 Å². The number of halogens is 2. The Bertz CT molecular complexity index is 3190. The number of pyridine rings is 1. The van der Waals surface area contributed by atoms with Gasteiger partial charge >= 0.3 is 5.69 Å². The SMILES string of the molecule is Cc1cc(C(=O)CC2CCC(CN3CCN(Cc4ccc5c(c4)n(C)c(=O)n5C4CCC(=O)NC4=O)CC3C)CC2)cc(F)c1C1=CCN([C@@H](C)C2=CC3=C(n4cc(F)c5c(c4=O)CCN5)C=CNC3N2C)CC1. The fourth-order valence-electron chi connectivity index (χ4n) is 13.2. The number of carbonyl (C=O) groups excluding carboxylic acids is 3. The number of Topliss-reactive ketones (excluding diaryl/α,β-unsaturated/α-hetero) is 1. The molecule has 15 nitrogen and oxygen atoms in total. The van der Waals surface area contributed by atoms with Crippen molar-refractivity contribution in [3.63, 3.8) is 0 Å². The van der Waals surface area contributed by atoms with Crippen molar-refractivity contribution in [2.24, 2.45) is 18.9 Å². The van der Waals surface area contributed by atoms with Crippen molar-refractivity contribution in [3.8, 4) is 0 Å². The van der Waals surface area contributed by atoms with Gasteiger partial charge < -0.3 is 15.5 Å². The Hall–Kier alpha value is -6.43. The second-order valence-electron chi connectivity index (χ2n) is 22.0. The fraction of sp³-hybridized carbons (Fsp3) is 0.491. The van der Waals surface area contributed by atoms with Crippen LogP contribution < -0.4 is 27.2 Å². The summed E-state index contributed by atoms with van der Waals surface area (Å²) in [6.07, 6.45) is 15.2. The number of ketones is 1. The summed E-state index contributed by atoms with van der Waals surface area (Å²) in [6, 6.07) is 9.04. The number of imide groups is 1. The summed E-state index contributed by atoms with van der Waals surface area (Å²) in [7, 11) is 3.75. The lowest BCUT2D eigenvalue weighted by Crippen LogP contribution is -2.52. The van der Waals surface area contributed by atoms with E-state index in [9.17, 15) is 24.0 Å². The van der Waals surface area contributed by atoms with Gasteiger partial charge in [0, 0.05) is 126 Å². The third-order valence-corrected chi connectivity index (χ3v) is 17.4. The number of piperidine rings is 1. The highest BCUT2D eigenvalue weighted by atomic mass is 19.1. The molecule has 0 bridgehead atoms. The minimum Gasteiger partial charge on any atom is -0.382 e. The molecule has 7 aliphatic rings. The highest BCUT2D eigenvalue weighted by molar-refractivity contribution is 6.00. The van der Waals surface area contributed by atoms with E-state index in [-0.39, 0.29) is 53.3 Å². The van der Waals surface area contributed by atoms with E-state index in [1.807, 2.05) is 50.5 Å². The zero-order valence-corrected chi connectivity index (χ0v) is 43.2. The molecule has 2 aromatic heterocycles. The van der Waals surface area contributed by atoms with Gasteiger partial charge in [0.25, 0.3) is 5.56 Å². The normalized spacial score (nSPS) is 25.1. The molecule has 74 heavy (non-hydrogen) atoms. The summed E-state index contributed by atoms with van der Waals surface area (Å²) in [6.45, 7) is 12.9. The van der Waals surface area contributed by atoms with Crippen molar-refractivity contribution in [3.05, 3.63) is 133 Å². The second-order valence-corrected chi connectivity index (χ2v) is 22.0. The number of imidazole rings is 1. The zero-order valence-electron chi connectivity index (χ0n) is 43.2. The number of anilines is 1. The third-order valence-electron chi connectivity index (χ3n) is 17.4. The molecule has 3 N–H and O–H groups in total. The first-order valence-electron chi connectivity index (χ1n) is 26.7. The standard InChI is InChI=1S/C57H68F2N10O5/c1-33-24-40(27-43(58)52(33)39-16-20-66(21-17-39)35(3)48-28-42-45(15-19-61-54(42)63(48)4)68-32-44(59)53-41(56(68)73)14-18-60-53)50(70)26-36-6-8-37(9-7-36)31-67-23-22-65(29-34(67)2)30-38-10-11-46-49(25-38)64(5)57(74)69(46)47-12-13-51(71)62-55(47)72/h10-11,15-16,19,24-25,27-28,32,34-37,47,54,60-61H,6-9,12-14,17-18,20-23,26,29-31H2,1-5H3,(H,62,71,72)/t34?,35-,36?,37?,47?,54?/m0/s1. The van der Waals surface area contributed by atoms with Crippen LogP contribution >= 0.6 is 0 Å². The van der Waals surface area contributed by atoms with Gasteiger partial charge in [-0.3, -0.25) is 52.9 Å². The maximum atomic E-state index is 16.1. The number of benzene rings is 2. The second kappa shape index (κ2) is 20.0. The van der Waals surface area contributed by atoms with Gasteiger partial charge in [-0.15, -0.1) is 0 Å². The van der Waals surface area contributed by atoms with Gasteiger partial charge in [-0.2, -0.15) is 0 Å². The molecule has 2 saturated heterocycles.